The molecule has 5 heteroatoms. The van der Waals surface area contributed by atoms with Gasteiger partial charge in [0.05, 0.1) is 12.7 Å². The molecule has 0 bridgehead atoms. The van der Waals surface area contributed by atoms with Crippen LogP contribution in [0.2, 0.25) is 0 Å². The number of anilines is 1. The zero-order valence-electron chi connectivity index (χ0n) is 12.2. The molecule has 0 radical (unpaired) electrons. The van der Waals surface area contributed by atoms with Gasteiger partial charge in [-0.05, 0) is 31.5 Å². The summed E-state index contributed by atoms with van der Waals surface area (Å²) in [6.07, 6.45) is 2.57. The highest BCUT2D eigenvalue weighted by Crippen LogP contribution is 2.26. The van der Waals surface area contributed by atoms with Crippen LogP contribution in [0.5, 0.6) is 5.75 Å². The highest BCUT2D eigenvalue weighted by atomic mass is 16.5. The molecule has 1 aromatic rings. The molecule has 0 saturated heterocycles. The number of amides is 1. The van der Waals surface area contributed by atoms with Crippen molar-refractivity contribution in [3.8, 4) is 5.75 Å². The van der Waals surface area contributed by atoms with Crippen LogP contribution in [-0.2, 0) is 0 Å². The topological polar surface area (TPSA) is 67.6 Å². The monoisotopic (exact) mass is 277 g/mol. The number of methoxy groups -OCH3 is 1. The summed E-state index contributed by atoms with van der Waals surface area (Å²) in [5, 5.41) is 2.94. The van der Waals surface area contributed by atoms with Crippen LogP contribution in [0.3, 0.4) is 0 Å². The van der Waals surface area contributed by atoms with E-state index in [2.05, 4.69) is 17.1 Å². The molecule has 1 saturated carbocycles. The lowest BCUT2D eigenvalue weighted by Crippen LogP contribution is -2.36. The molecule has 0 atom stereocenters. The molecule has 20 heavy (non-hydrogen) atoms. The summed E-state index contributed by atoms with van der Waals surface area (Å²) in [4.78, 5) is 14.5. The first-order valence-electron chi connectivity index (χ1n) is 7.11. The lowest BCUT2D eigenvalue weighted by Gasteiger charge is -2.20. The summed E-state index contributed by atoms with van der Waals surface area (Å²) in [7, 11) is 1.54. The largest absolute Gasteiger partial charge is 0.496 e. The first kappa shape index (κ1) is 14.7. The minimum atomic E-state index is -0.117. The standard InChI is InChI=1S/C15H23N3O2/c1-3-18(12-5-6-12)9-8-17-15(19)13-7-4-11(16)10-14(13)20-2/h4,7,10,12H,3,5-6,8-9,16H2,1-2H3,(H,17,19). The van der Waals surface area contributed by atoms with Gasteiger partial charge >= 0.3 is 0 Å². The maximum atomic E-state index is 12.1. The molecule has 1 aliphatic carbocycles. The van der Waals surface area contributed by atoms with Crippen molar-refractivity contribution in [2.75, 3.05) is 32.5 Å². The molecule has 0 spiro atoms. The molecular weight excluding hydrogens is 254 g/mol. The maximum absolute atomic E-state index is 12.1. The van der Waals surface area contributed by atoms with Crippen molar-refractivity contribution in [1.82, 2.24) is 10.2 Å². The van der Waals surface area contributed by atoms with Crippen molar-refractivity contribution in [3.05, 3.63) is 23.8 Å². The Bertz CT molecular complexity index is 472. The van der Waals surface area contributed by atoms with Crippen LogP contribution in [0, 0.1) is 0 Å². The maximum Gasteiger partial charge on any atom is 0.255 e. The predicted molar refractivity (Wildman–Crippen MR) is 80.0 cm³/mol. The van der Waals surface area contributed by atoms with Gasteiger partial charge in [0.15, 0.2) is 0 Å². The number of nitrogens with two attached hydrogens (primary N) is 1. The van der Waals surface area contributed by atoms with Crippen molar-refractivity contribution >= 4 is 11.6 Å². The Morgan fingerprint density at radius 1 is 1.50 bits per heavy atom. The number of nitrogens with one attached hydrogen (secondary N) is 1. The highest BCUT2D eigenvalue weighted by Gasteiger charge is 2.27. The van der Waals surface area contributed by atoms with Crippen LogP contribution in [0.15, 0.2) is 18.2 Å². The quantitative estimate of drug-likeness (QED) is 0.741. The van der Waals surface area contributed by atoms with Crippen LogP contribution in [-0.4, -0.2) is 43.6 Å². The second-order valence-electron chi connectivity index (χ2n) is 5.08. The molecule has 1 aliphatic rings. The van der Waals surface area contributed by atoms with Gasteiger partial charge in [0, 0.05) is 30.9 Å². The average Bonchev–Trinajstić information content (AvgIpc) is 3.27. The smallest absolute Gasteiger partial charge is 0.255 e. The van der Waals surface area contributed by atoms with Crippen molar-refractivity contribution < 1.29 is 9.53 Å². The van der Waals surface area contributed by atoms with E-state index in [1.54, 1.807) is 18.2 Å². The van der Waals surface area contributed by atoms with E-state index in [9.17, 15) is 4.79 Å². The van der Waals surface area contributed by atoms with E-state index in [-0.39, 0.29) is 5.91 Å². The zero-order chi connectivity index (χ0) is 14.5. The fraction of sp³-hybridized carbons (Fsp3) is 0.533. The number of nitrogens with zero attached hydrogens (tertiary/aromatic N) is 1. The SMILES string of the molecule is CCN(CCNC(=O)c1ccc(N)cc1OC)C1CC1. The van der Waals surface area contributed by atoms with Crippen LogP contribution in [0.25, 0.3) is 0 Å². The second kappa shape index (κ2) is 6.61. The molecular formula is C15H23N3O2. The number of nitrogen functional groups attached to an aromatic ring is 1. The van der Waals surface area contributed by atoms with E-state index < -0.39 is 0 Å². The Kier molecular flexibility index (Phi) is 4.84. The van der Waals surface area contributed by atoms with Crippen LogP contribution in [0.4, 0.5) is 5.69 Å². The Labute approximate surface area is 120 Å². The number of hydrogen-bond acceptors (Lipinski definition) is 4. The Morgan fingerprint density at radius 3 is 2.85 bits per heavy atom. The summed E-state index contributed by atoms with van der Waals surface area (Å²) in [6.45, 7) is 4.73. The summed E-state index contributed by atoms with van der Waals surface area (Å²) < 4.78 is 5.19. The third-order valence-electron chi connectivity index (χ3n) is 3.62. The summed E-state index contributed by atoms with van der Waals surface area (Å²) >= 11 is 0. The number of carbonyl (C=O) groups is 1. The van der Waals surface area contributed by atoms with Crippen molar-refractivity contribution in [2.24, 2.45) is 0 Å². The Balaban J connectivity index is 1.88. The third-order valence-corrected chi connectivity index (χ3v) is 3.62. The Hall–Kier alpha value is -1.75. The summed E-state index contributed by atoms with van der Waals surface area (Å²) in [6, 6.07) is 5.79. The zero-order valence-corrected chi connectivity index (χ0v) is 12.2. The van der Waals surface area contributed by atoms with Gasteiger partial charge in [-0.3, -0.25) is 9.69 Å². The highest BCUT2D eigenvalue weighted by molar-refractivity contribution is 5.97. The second-order valence-corrected chi connectivity index (χ2v) is 5.08. The molecule has 0 unspecified atom stereocenters. The number of benzene rings is 1. The number of rotatable bonds is 7. The van der Waals surface area contributed by atoms with Crippen molar-refractivity contribution in [1.29, 1.82) is 0 Å². The molecule has 1 amide bonds. The van der Waals surface area contributed by atoms with Crippen LogP contribution < -0.4 is 15.8 Å². The number of likely N-dealkylation sites (N-methyl/N-ethyl adjacent to an activating group) is 1. The molecule has 2 rings (SSSR count). The van der Waals surface area contributed by atoms with Gasteiger partial charge in [-0.2, -0.15) is 0 Å². The lowest BCUT2D eigenvalue weighted by atomic mass is 10.1. The minimum Gasteiger partial charge on any atom is -0.496 e. The van der Waals surface area contributed by atoms with E-state index >= 15 is 0 Å². The molecule has 0 aromatic heterocycles. The van der Waals surface area contributed by atoms with E-state index in [1.165, 1.54) is 20.0 Å². The third kappa shape index (κ3) is 3.63. The van der Waals surface area contributed by atoms with E-state index in [0.29, 0.717) is 23.5 Å². The van der Waals surface area contributed by atoms with Gasteiger partial charge in [-0.25, -0.2) is 0 Å². The van der Waals surface area contributed by atoms with Gasteiger partial charge in [-0.15, -0.1) is 0 Å². The van der Waals surface area contributed by atoms with Crippen molar-refractivity contribution in [3.63, 3.8) is 0 Å². The fourth-order valence-electron chi connectivity index (χ4n) is 2.34. The van der Waals surface area contributed by atoms with E-state index in [1.807, 2.05) is 0 Å². The lowest BCUT2D eigenvalue weighted by molar-refractivity contribution is 0.0945. The van der Waals surface area contributed by atoms with Gasteiger partial charge in [-0.1, -0.05) is 6.92 Å². The summed E-state index contributed by atoms with van der Waals surface area (Å²) in [5.74, 6) is 0.394. The van der Waals surface area contributed by atoms with Gasteiger partial charge in [0.2, 0.25) is 0 Å². The first-order chi connectivity index (χ1) is 9.65. The van der Waals surface area contributed by atoms with E-state index in [4.69, 9.17) is 10.5 Å². The van der Waals surface area contributed by atoms with Crippen LogP contribution >= 0.6 is 0 Å². The number of carbonyl (C=O) groups excluding carboxylic acids is 1. The molecule has 5 nitrogen and oxygen atoms in total. The molecule has 3 N–H and O–H groups in total. The molecule has 0 heterocycles. The van der Waals surface area contributed by atoms with Gasteiger partial charge < -0.3 is 15.8 Å². The van der Waals surface area contributed by atoms with Crippen molar-refractivity contribution in [2.45, 2.75) is 25.8 Å². The van der Waals surface area contributed by atoms with Gasteiger partial charge in [0.1, 0.15) is 5.75 Å². The van der Waals surface area contributed by atoms with Gasteiger partial charge in [0.25, 0.3) is 5.91 Å². The number of ether oxygens (including phenoxy) is 1. The van der Waals surface area contributed by atoms with Crippen LogP contribution in [0.1, 0.15) is 30.1 Å². The summed E-state index contributed by atoms with van der Waals surface area (Å²) in [5.41, 5.74) is 6.79. The predicted octanol–water partition coefficient (Wildman–Crippen LogP) is 1.49. The molecule has 1 fully saturated rings. The molecule has 110 valence electrons. The molecule has 1 aromatic carbocycles. The Morgan fingerprint density at radius 2 is 2.25 bits per heavy atom. The molecule has 0 aliphatic heterocycles. The minimum absolute atomic E-state index is 0.117. The first-order valence-corrected chi connectivity index (χ1v) is 7.11. The average molecular weight is 277 g/mol. The number of hydrogen-bond donors (Lipinski definition) is 2. The normalized spacial score (nSPS) is 14.3. The van der Waals surface area contributed by atoms with E-state index in [0.717, 1.165) is 19.1 Å². The fourth-order valence-corrected chi connectivity index (χ4v) is 2.34.